The minimum absolute atomic E-state index is 0.101. The average molecular weight is 407 g/mol. The van der Waals surface area contributed by atoms with E-state index >= 15 is 0 Å². The van der Waals surface area contributed by atoms with Gasteiger partial charge in [0, 0.05) is 16.6 Å². The average Bonchev–Trinajstić information content (AvgIpc) is 2.14. The molecule has 0 aliphatic heterocycles. The van der Waals surface area contributed by atoms with Crippen molar-refractivity contribution in [1.82, 2.24) is 0 Å². The van der Waals surface area contributed by atoms with E-state index in [0.29, 0.717) is 5.75 Å². The highest BCUT2D eigenvalue weighted by Crippen LogP contribution is 2.33. The van der Waals surface area contributed by atoms with Gasteiger partial charge in [0.05, 0.1) is 21.3 Å². The van der Waals surface area contributed by atoms with Crippen LogP contribution >= 0.6 is 42.5 Å². The fraction of sp³-hybridized carbons (Fsp3) is 0.400. The lowest BCUT2D eigenvalue weighted by molar-refractivity contribution is 0.269. The normalized spacial score (nSPS) is 13.4. The van der Waals surface area contributed by atoms with E-state index in [2.05, 4.69) is 31.9 Å². The third-order valence-corrected chi connectivity index (χ3v) is 4.51. The van der Waals surface area contributed by atoms with E-state index in [1.807, 2.05) is 18.2 Å². The molecule has 0 N–H and O–H groups in total. The second-order valence-electron chi connectivity index (χ2n) is 3.67. The van der Waals surface area contributed by atoms with E-state index in [1.54, 1.807) is 6.92 Å². The van der Waals surface area contributed by atoms with Gasteiger partial charge in [-0.05, 0) is 44.0 Å². The van der Waals surface area contributed by atoms with Crippen LogP contribution in [0.1, 0.15) is 6.92 Å². The third-order valence-electron chi connectivity index (χ3n) is 1.91. The molecule has 1 atom stereocenters. The van der Waals surface area contributed by atoms with E-state index in [1.165, 1.54) is 0 Å². The quantitative estimate of drug-likeness (QED) is 0.699. The molecule has 0 spiro atoms. The van der Waals surface area contributed by atoms with Gasteiger partial charge in [-0.3, -0.25) is 0 Å². The smallest absolute Gasteiger partial charge is 0.232 e. The molecular weight excluding hydrogens is 395 g/mol. The predicted molar refractivity (Wildman–Crippen MR) is 76.1 cm³/mol. The maximum Gasteiger partial charge on any atom is 0.232 e. The van der Waals surface area contributed by atoms with Crippen molar-refractivity contribution < 1.29 is 13.2 Å². The summed E-state index contributed by atoms with van der Waals surface area (Å²) in [7, 11) is 1.69. The first kappa shape index (κ1) is 15.3. The van der Waals surface area contributed by atoms with Crippen molar-refractivity contribution in [3.05, 3.63) is 27.1 Å². The van der Waals surface area contributed by atoms with Gasteiger partial charge < -0.3 is 4.74 Å². The summed E-state index contributed by atoms with van der Waals surface area (Å²) in [5, 5.41) is 0. The second kappa shape index (κ2) is 6.41. The van der Waals surface area contributed by atoms with Gasteiger partial charge in [0.1, 0.15) is 5.75 Å². The molecule has 0 aromatic heterocycles. The van der Waals surface area contributed by atoms with Crippen LogP contribution in [0, 0.1) is 5.92 Å². The highest BCUT2D eigenvalue weighted by atomic mass is 79.9. The van der Waals surface area contributed by atoms with Crippen molar-refractivity contribution in [2.24, 2.45) is 5.92 Å². The van der Waals surface area contributed by atoms with Crippen LogP contribution in [0.25, 0.3) is 0 Å². The molecule has 0 saturated heterocycles. The van der Waals surface area contributed by atoms with E-state index in [0.717, 1.165) is 8.95 Å². The predicted octanol–water partition coefficient (Wildman–Crippen LogP) is 3.80. The summed E-state index contributed by atoms with van der Waals surface area (Å²) in [6.07, 6.45) is 0. The first-order valence-electron chi connectivity index (χ1n) is 4.78. The molecule has 0 saturated carbocycles. The van der Waals surface area contributed by atoms with Crippen molar-refractivity contribution in [2.75, 3.05) is 12.4 Å². The zero-order valence-electron chi connectivity index (χ0n) is 8.99. The van der Waals surface area contributed by atoms with Crippen molar-refractivity contribution in [1.29, 1.82) is 0 Å². The Bertz CT molecular complexity index is 470. The molecule has 0 heterocycles. The van der Waals surface area contributed by atoms with Crippen LogP contribution in [-0.2, 0) is 9.05 Å². The Morgan fingerprint density at radius 3 is 2.35 bits per heavy atom. The lowest BCUT2D eigenvalue weighted by atomic mass is 10.2. The molecule has 1 aromatic carbocycles. The Hall–Kier alpha value is 0.220. The van der Waals surface area contributed by atoms with Crippen molar-refractivity contribution in [3.8, 4) is 5.75 Å². The van der Waals surface area contributed by atoms with Crippen LogP contribution < -0.4 is 4.74 Å². The number of hydrogen-bond acceptors (Lipinski definition) is 3. The molecule has 0 amide bonds. The molecule has 17 heavy (non-hydrogen) atoms. The van der Waals surface area contributed by atoms with Gasteiger partial charge in [-0.2, -0.15) is 0 Å². The van der Waals surface area contributed by atoms with E-state index in [4.69, 9.17) is 15.4 Å². The van der Waals surface area contributed by atoms with Crippen molar-refractivity contribution in [3.63, 3.8) is 0 Å². The summed E-state index contributed by atoms with van der Waals surface area (Å²) in [5.41, 5.74) is 0. The largest absolute Gasteiger partial charge is 0.491 e. The van der Waals surface area contributed by atoms with E-state index < -0.39 is 9.05 Å². The lowest BCUT2D eigenvalue weighted by Gasteiger charge is -2.13. The van der Waals surface area contributed by atoms with Crippen molar-refractivity contribution >= 4 is 51.6 Å². The first-order valence-corrected chi connectivity index (χ1v) is 8.85. The SMILES string of the molecule is CC(COc1c(Br)cccc1Br)CS(=O)(=O)Cl. The van der Waals surface area contributed by atoms with Crippen molar-refractivity contribution in [2.45, 2.75) is 6.92 Å². The molecule has 1 aromatic rings. The highest BCUT2D eigenvalue weighted by molar-refractivity contribution is 9.11. The number of hydrogen-bond donors (Lipinski definition) is 0. The molecule has 0 radical (unpaired) electrons. The molecule has 0 bridgehead atoms. The summed E-state index contributed by atoms with van der Waals surface area (Å²) in [5.74, 6) is 0.388. The lowest BCUT2D eigenvalue weighted by Crippen LogP contribution is -2.16. The summed E-state index contributed by atoms with van der Waals surface area (Å²) in [6.45, 7) is 2.05. The van der Waals surface area contributed by atoms with Gasteiger partial charge in [-0.1, -0.05) is 13.0 Å². The Morgan fingerprint density at radius 2 is 1.88 bits per heavy atom. The van der Waals surface area contributed by atoms with Gasteiger partial charge in [0.15, 0.2) is 0 Å². The maximum atomic E-state index is 10.9. The van der Waals surface area contributed by atoms with Gasteiger partial charge in [-0.15, -0.1) is 0 Å². The summed E-state index contributed by atoms with van der Waals surface area (Å²) in [4.78, 5) is 0. The molecule has 1 unspecified atom stereocenters. The Balaban J connectivity index is 2.62. The number of benzene rings is 1. The fourth-order valence-corrected chi connectivity index (χ4v) is 3.88. The zero-order valence-corrected chi connectivity index (χ0v) is 13.7. The molecule has 0 aliphatic rings. The topological polar surface area (TPSA) is 43.4 Å². The number of ether oxygens (including phenoxy) is 1. The molecular formula is C10H11Br2ClO3S. The molecule has 3 nitrogen and oxygen atoms in total. The summed E-state index contributed by atoms with van der Waals surface area (Å²) < 4.78 is 28.9. The van der Waals surface area contributed by atoms with Gasteiger partial charge in [0.2, 0.25) is 9.05 Å². The molecule has 7 heteroatoms. The van der Waals surface area contributed by atoms with Gasteiger partial charge in [-0.25, -0.2) is 8.42 Å². The summed E-state index contributed by atoms with van der Waals surface area (Å²) >= 11 is 6.72. The highest BCUT2D eigenvalue weighted by Gasteiger charge is 2.14. The number of para-hydroxylation sites is 1. The monoisotopic (exact) mass is 404 g/mol. The fourth-order valence-electron chi connectivity index (χ4n) is 1.23. The van der Waals surface area contributed by atoms with Gasteiger partial charge >= 0.3 is 0 Å². The van der Waals surface area contributed by atoms with Crippen LogP contribution in [-0.4, -0.2) is 20.8 Å². The number of halogens is 3. The van der Waals surface area contributed by atoms with Crippen LogP contribution in [0.15, 0.2) is 27.1 Å². The standard InChI is InChI=1S/C10H11Br2ClO3S/c1-7(6-17(13,14)15)5-16-10-8(11)3-2-4-9(10)12/h2-4,7H,5-6H2,1H3. The molecule has 1 rings (SSSR count). The summed E-state index contributed by atoms with van der Waals surface area (Å²) in [6, 6.07) is 5.57. The Kier molecular flexibility index (Phi) is 5.76. The van der Waals surface area contributed by atoms with E-state index in [9.17, 15) is 8.42 Å². The molecule has 0 aliphatic carbocycles. The second-order valence-corrected chi connectivity index (χ2v) is 8.20. The number of rotatable bonds is 5. The zero-order chi connectivity index (χ0) is 13.1. The maximum absolute atomic E-state index is 10.9. The van der Waals surface area contributed by atoms with E-state index in [-0.39, 0.29) is 18.3 Å². The van der Waals surface area contributed by atoms with Crippen LogP contribution in [0.4, 0.5) is 0 Å². The first-order chi connectivity index (χ1) is 7.79. The minimum Gasteiger partial charge on any atom is -0.491 e. The molecule has 0 fully saturated rings. The van der Waals surface area contributed by atoms with Crippen LogP contribution in [0.3, 0.4) is 0 Å². The minimum atomic E-state index is -3.48. The third kappa shape index (κ3) is 5.59. The van der Waals surface area contributed by atoms with Crippen LogP contribution in [0.5, 0.6) is 5.75 Å². The van der Waals surface area contributed by atoms with Gasteiger partial charge in [0.25, 0.3) is 0 Å². The molecule has 96 valence electrons. The Labute approximate surface area is 122 Å². The Morgan fingerprint density at radius 1 is 1.35 bits per heavy atom. The van der Waals surface area contributed by atoms with Crippen LogP contribution in [0.2, 0.25) is 0 Å².